The number of rotatable bonds is 5. The van der Waals surface area contributed by atoms with Crippen LogP contribution in [-0.4, -0.2) is 34.0 Å². The minimum absolute atomic E-state index is 0.0125. The predicted octanol–water partition coefficient (Wildman–Crippen LogP) is 6.88. The van der Waals surface area contributed by atoms with Crippen LogP contribution in [0.4, 0.5) is 0 Å². The van der Waals surface area contributed by atoms with Crippen LogP contribution in [0.3, 0.4) is 0 Å². The van der Waals surface area contributed by atoms with Crippen LogP contribution in [-0.2, 0) is 11.3 Å². The second-order valence-electron chi connectivity index (χ2n) is 10.7. The number of aryl methyl sites for hydroxylation is 1. The van der Waals surface area contributed by atoms with Crippen LogP contribution in [0.25, 0.3) is 6.08 Å². The fourth-order valence-electron chi connectivity index (χ4n) is 5.83. The number of thioether (sulfide) groups is 1. The number of nitrogens with one attached hydrogen (secondary N) is 1. The van der Waals surface area contributed by atoms with E-state index < -0.39 is 0 Å². The van der Waals surface area contributed by atoms with E-state index in [0.717, 1.165) is 36.2 Å². The van der Waals surface area contributed by atoms with Gasteiger partial charge in [-0.25, -0.2) is 0 Å². The van der Waals surface area contributed by atoms with Gasteiger partial charge in [-0.2, -0.15) is 0 Å². The maximum Gasteiger partial charge on any atom is 0.260 e. The summed E-state index contributed by atoms with van der Waals surface area (Å²) in [6.45, 7) is 2.76. The largest absolute Gasteiger partial charge is 0.349 e. The van der Waals surface area contributed by atoms with Crippen molar-refractivity contribution in [2.45, 2.75) is 95.0 Å². The molecule has 190 valence electrons. The Kier molecular flexibility index (Phi) is 8.15. The van der Waals surface area contributed by atoms with Gasteiger partial charge in [0.2, 0.25) is 0 Å². The van der Waals surface area contributed by atoms with Crippen molar-refractivity contribution in [3.05, 3.63) is 75.7 Å². The van der Waals surface area contributed by atoms with E-state index in [4.69, 9.17) is 0 Å². The Morgan fingerprint density at radius 1 is 0.917 bits per heavy atom. The molecule has 2 aliphatic carbocycles. The number of benzene rings is 2. The Morgan fingerprint density at radius 2 is 1.58 bits per heavy atom. The van der Waals surface area contributed by atoms with E-state index >= 15 is 0 Å². The van der Waals surface area contributed by atoms with Crippen LogP contribution >= 0.6 is 11.8 Å². The molecule has 2 saturated carbocycles. The fraction of sp³-hybridized carbons (Fsp3) is 0.484. The van der Waals surface area contributed by atoms with Crippen LogP contribution in [0.15, 0.2) is 53.4 Å². The molecule has 1 N–H and O–H groups in total. The van der Waals surface area contributed by atoms with Crippen LogP contribution < -0.4 is 5.32 Å². The van der Waals surface area contributed by atoms with Crippen molar-refractivity contribution in [2.24, 2.45) is 0 Å². The van der Waals surface area contributed by atoms with Gasteiger partial charge in [0.05, 0.1) is 4.91 Å². The Morgan fingerprint density at radius 3 is 2.31 bits per heavy atom. The van der Waals surface area contributed by atoms with Gasteiger partial charge in [0.15, 0.2) is 0 Å². The number of carbonyl (C=O) groups is 2. The first-order valence-electron chi connectivity index (χ1n) is 13.7. The first-order valence-corrected chi connectivity index (χ1v) is 14.6. The highest BCUT2D eigenvalue weighted by Gasteiger charge is 2.40. The predicted molar refractivity (Wildman–Crippen MR) is 149 cm³/mol. The minimum Gasteiger partial charge on any atom is -0.349 e. The van der Waals surface area contributed by atoms with Gasteiger partial charge in [0.1, 0.15) is 0 Å². The number of nitrogens with zero attached hydrogens (tertiary/aromatic N) is 1. The second-order valence-corrected chi connectivity index (χ2v) is 12.0. The summed E-state index contributed by atoms with van der Waals surface area (Å²) >= 11 is 1.76. The summed E-state index contributed by atoms with van der Waals surface area (Å²) in [7, 11) is 0. The van der Waals surface area contributed by atoms with E-state index in [1.807, 2.05) is 30.3 Å². The van der Waals surface area contributed by atoms with Crippen LogP contribution in [0, 0.1) is 6.92 Å². The molecule has 4 nitrogen and oxygen atoms in total. The molecule has 2 unspecified atom stereocenters. The van der Waals surface area contributed by atoms with Gasteiger partial charge in [0.25, 0.3) is 11.8 Å². The zero-order chi connectivity index (χ0) is 24.9. The zero-order valence-electron chi connectivity index (χ0n) is 21.4. The second kappa shape index (κ2) is 11.7. The quantitative estimate of drug-likeness (QED) is 0.358. The standard InChI is InChI=1S/C31H38N2O2S/c1-22-12-14-24(15-13-22)21-33-27-10-6-7-11-28(27)36-29(31(33)35)20-23-16-18-25(19-17-23)30(34)32-26-8-4-2-3-5-9-26/h12-20,26-28H,2-11,21H2,1H3,(H,32,34)/b29-20+. The molecule has 3 fully saturated rings. The summed E-state index contributed by atoms with van der Waals surface area (Å²) in [5.41, 5.74) is 4.09. The van der Waals surface area contributed by atoms with Crippen LogP contribution in [0.2, 0.25) is 0 Å². The van der Waals surface area contributed by atoms with E-state index in [2.05, 4.69) is 41.4 Å². The number of fused-ring (bicyclic) bond motifs is 1. The molecule has 3 aliphatic rings. The minimum atomic E-state index is 0.0125. The molecule has 2 amide bonds. The van der Waals surface area contributed by atoms with Crippen molar-refractivity contribution < 1.29 is 9.59 Å². The normalized spacial score (nSPS) is 24.3. The lowest BCUT2D eigenvalue weighted by atomic mass is 9.92. The van der Waals surface area contributed by atoms with Gasteiger partial charge in [-0.05, 0) is 61.9 Å². The van der Waals surface area contributed by atoms with Crippen molar-refractivity contribution in [1.29, 1.82) is 0 Å². The first-order chi connectivity index (χ1) is 17.6. The smallest absolute Gasteiger partial charge is 0.260 e. The van der Waals surface area contributed by atoms with E-state index in [1.54, 1.807) is 11.8 Å². The Bertz CT molecular complexity index is 1080. The third-order valence-electron chi connectivity index (χ3n) is 7.95. The molecule has 0 bridgehead atoms. The summed E-state index contributed by atoms with van der Waals surface area (Å²) in [5.74, 6) is 0.150. The average Bonchev–Trinajstić information content (AvgIpc) is 3.17. The first kappa shape index (κ1) is 25.1. The zero-order valence-corrected chi connectivity index (χ0v) is 22.2. The highest BCUT2D eigenvalue weighted by atomic mass is 32.2. The maximum atomic E-state index is 13.7. The fourth-order valence-corrected chi connectivity index (χ4v) is 7.30. The lowest BCUT2D eigenvalue weighted by Crippen LogP contribution is -2.50. The molecule has 1 aliphatic heterocycles. The molecule has 1 heterocycles. The van der Waals surface area contributed by atoms with Gasteiger partial charge in [-0.3, -0.25) is 9.59 Å². The van der Waals surface area contributed by atoms with Gasteiger partial charge in [-0.15, -0.1) is 11.8 Å². The lowest BCUT2D eigenvalue weighted by Gasteiger charge is -2.44. The average molecular weight is 503 g/mol. The number of amides is 2. The number of hydrogen-bond acceptors (Lipinski definition) is 3. The molecular formula is C31H38N2O2S. The Labute approximate surface area is 219 Å². The molecule has 0 aromatic heterocycles. The third kappa shape index (κ3) is 6.05. The molecule has 5 rings (SSSR count). The van der Waals surface area contributed by atoms with Crippen molar-refractivity contribution in [3.8, 4) is 0 Å². The molecule has 5 heteroatoms. The molecule has 36 heavy (non-hydrogen) atoms. The number of carbonyl (C=O) groups excluding carboxylic acids is 2. The Hall–Kier alpha value is -2.53. The van der Waals surface area contributed by atoms with Gasteiger partial charge >= 0.3 is 0 Å². The van der Waals surface area contributed by atoms with Crippen LogP contribution in [0.1, 0.15) is 91.3 Å². The van der Waals surface area contributed by atoms with Gasteiger partial charge in [-0.1, -0.05) is 80.5 Å². The molecular weight excluding hydrogens is 464 g/mol. The third-order valence-corrected chi connectivity index (χ3v) is 9.35. The number of hydrogen-bond donors (Lipinski definition) is 1. The summed E-state index contributed by atoms with van der Waals surface area (Å²) in [6, 6.07) is 16.9. The highest BCUT2D eigenvalue weighted by molar-refractivity contribution is 8.04. The summed E-state index contributed by atoms with van der Waals surface area (Å²) < 4.78 is 0. The maximum absolute atomic E-state index is 13.7. The highest BCUT2D eigenvalue weighted by Crippen LogP contribution is 2.42. The van der Waals surface area contributed by atoms with E-state index in [-0.39, 0.29) is 11.8 Å². The Balaban J connectivity index is 1.30. The van der Waals surface area contributed by atoms with Crippen molar-refractivity contribution >= 4 is 29.7 Å². The van der Waals surface area contributed by atoms with Crippen molar-refractivity contribution in [2.75, 3.05) is 0 Å². The molecule has 2 aromatic carbocycles. The van der Waals surface area contributed by atoms with Crippen molar-refractivity contribution in [1.82, 2.24) is 10.2 Å². The topological polar surface area (TPSA) is 49.4 Å². The lowest BCUT2D eigenvalue weighted by molar-refractivity contribution is -0.130. The van der Waals surface area contributed by atoms with Crippen molar-refractivity contribution in [3.63, 3.8) is 0 Å². The molecule has 2 atom stereocenters. The van der Waals surface area contributed by atoms with E-state index in [0.29, 0.717) is 29.4 Å². The van der Waals surface area contributed by atoms with E-state index in [9.17, 15) is 9.59 Å². The molecule has 0 radical (unpaired) electrons. The molecule has 1 saturated heterocycles. The SMILES string of the molecule is Cc1ccc(CN2C(=O)/C(=C\c3ccc(C(=O)NC4CCCCCC4)cc3)SC3CCCCC32)cc1. The van der Waals surface area contributed by atoms with Gasteiger partial charge < -0.3 is 10.2 Å². The van der Waals surface area contributed by atoms with Crippen LogP contribution in [0.5, 0.6) is 0 Å². The molecule has 0 spiro atoms. The summed E-state index contributed by atoms with van der Waals surface area (Å²) in [4.78, 5) is 29.4. The van der Waals surface area contributed by atoms with Gasteiger partial charge in [0, 0.05) is 29.4 Å². The summed E-state index contributed by atoms with van der Waals surface area (Å²) in [5, 5.41) is 3.68. The monoisotopic (exact) mass is 502 g/mol. The molecule has 2 aromatic rings. The van der Waals surface area contributed by atoms with E-state index in [1.165, 1.54) is 49.7 Å². The summed E-state index contributed by atoms with van der Waals surface area (Å²) in [6.07, 6.45) is 13.8.